The van der Waals surface area contributed by atoms with Gasteiger partial charge in [-0.3, -0.25) is 4.79 Å². The minimum atomic E-state index is -0.822. The Bertz CT molecular complexity index is 607. The summed E-state index contributed by atoms with van der Waals surface area (Å²) in [6, 6.07) is 7.66. The Morgan fingerprint density at radius 1 is 1.33 bits per heavy atom. The number of H-pyrrole nitrogens is 1. The number of aryl methyl sites for hydroxylation is 1. The molecule has 0 amide bonds. The molecule has 1 aromatic heterocycles. The first-order chi connectivity index (χ1) is 8.61. The second-order valence-corrected chi connectivity index (χ2v) is 5.11. The van der Waals surface area contributed by atoms with Gasteiger partial charge in [0.2, 0.25) is 5.82 Å². The van der Waals surface area contributed by atoms with E-state index < -0.39 is 11.4 Å². The summed E-state index contributed by atoms with van der Waals surface area (Å²) in [6.07, 6.45) is 0. The number of aromatic nitrogens is 2. The molecule has 0 aliphatic rings. The molecule has 0 bridgehead atoms. The zero-order valence-corrected chi connectivity index (χ0v) is 11.0. The Labute approximate surface area is 108 Å². The third kappa shape index (κ3) is 2.61. The minimum absolute atomic E-state index is 0.112. The Kier molecular flexibility index (Phi) is 3.81. The number of hydrogen-bond donors (Lipinski definition) is 1. The van der Waals surface area contributed by atoms with Gasteiger partial charge in [0.25, 0.3) is 5.56 Å². The molecule has 0 atom stereocenters. The highest BCUT2D eigenvalue weighted by Crippen LogP contribution is 2.21. The number of hydrogen-bond acceptors (Lipinski definition) is 3. The van der Waals surface area contributed by atoms with Gasteiger partial charge in [-0.1, -0.05) is 19.1 Å². The highest BCUT2D eigenvalue weighted by atomic mass is 32.2. The van der Waals surface area contributed by atoms with Crippen LogP contribution in [-0.2, 0) is 0 Å². The van der Waals surface area contributed by atoms with Gasteiger partial charge in [-0.2, -0.15) is 4.39 Å². The molecule has 0 spiro atoms. The van der Waals surface area contributed by atoms with E-state index in [1.54, 1.807) is 11.8 Å². The SMILES string of the molecule is CCSc1ccc(-c2nc(C)c(F)c(=O)[nH]2)cc1. The highest BCUT2D eigenvalue weighted by molar-refractivity contribution is 7.99. The van der Waals surface area contributed by atoms with E-state index in [9.17, 15) is 9.18 Å². The number of nitrogens with one attached hydrogen (secondary N) is 1. The molecule has 0 radical (unpaired) electrons. The van der Waals surface area contributed by atoms with Gasteiger partial charge >= 0.3 is 0 Å². The molecule has 2 aromatic rings. The summed E-state index contributed by atoms with van der Waals surface area (Å²) in [7, 11) is 0. The van der Waals surface area contributed by atoms with Gasteiger partial charge in [0, 0.05) is 10.5 Å². The van der Waals surface area contributed by atoms with Gasteiger partial charge in [0.15, 0.2) is 0 Å². The van der Waals surface area contributed by atoms with E-state index in [0.717, 1.165) is 16.2 Å². The third-order valence-electron chi connectivity index (χ3n) is 2.47. The van der Waals surface area contributed by atoms with E-state index >= 15 is 0 Å². The van der Waals surface area contributed by atoms with Gasteiger partial charge in [-0.25, -0.2) is 4.98 Å². The Hall–Kier alpha value is -1.62. The average Bonchev–Trinajstić information content (AvgIpc) is 2.37. The van der Waals surface area contributed by atoms with Gasteiger partial charge in [-0.05, 0) is 24.8 Å². The summed E-state index contributed by atoms with van der Waals surface area (Å²) in [5.41, 5.74) is 0.154. The normalized spacial score (nSPS) is 10.6. The summed E-state index contributed by atoms with van der Waals surface area (Å²) in [5.74, 6) is 0.577. The fourth-order valence-electron chi connectivity index (χ4n) is 1.58. The zero-order valence-electron chi connectivity index (χ0n) is 10.2. The highest BCUT2D eigenvalue weighted by Gasteiger charge is 2.08. The molecule has 1 N–H and O–H groups in total. The van der Waals surface area contributed by atoms with Crippen LogP contribution >= 0.6 is 11.8 Å². The molecular formula is C13H13FN2OS. The molecule has 0 aliphatic carbocycles. The number of benzene rings is 1. The number of rotatable bonds is 3. The van der Waals surface area contributed by atoms with Gasteiger partial charge < -0.3 is 4.98 Å². The lowest BCUT2D eigenvalue weighted by Gasteiger charge is -2.04. The van der Waals surface area contributed by atoms with Crippen molar-refractivity contribution < 1.29 is 4.39 Å². The number of nitrogens with zero attached hydrogens (tertiary/aromatic N) is 1. The number of thioether (sulfide) groups is 1. The fraction of sp³-hybridized carbons (Fsp3) is 0.231. The van der Waals surface area contributed by atoms with E-state index in [4.69, 9.17) is 0 Å². The van der Waals surface area contributed by atoms with Crippen LogP contribution in [0.25, 0.3) is 11.4 Å². The molecule has 1 aromatic carbocycles. The second kappa shape index (κ2) is 5.35. The summed E-state index contributed by atoms with van der Waals surface area (Å²) in [4.78, 5) is 19.0. The Morgan fingerprint density at radius 2 is 2.00 bits per heavy atom. The van der Waals surface area contributed by atoms with Crippen LogP contribution in [0.4, 0.5) is 4.39 Å². The van der Waals surface area contributed by atoms with Crippen LogP contribution in [-0.4, -0.2) is 15.7 Å². The maximum Gasteiger partial charge on any atom is 0.287 e. The van der Waals surface area contributed by atoms with Gasteiger partial charge in [0.05, 0.1) is 5.69 Å². The van der Waals surface area contributed by atoms with E-state index in [0.29, 0.717) is 5.82 Å². The summed E-state index contributed by atoms with van der Waals surface area (Å²) in [5, 5.41) is 0. The Morgan fingerprint density at radius 3 is 2.56 bits per heavy atom. The maximum atomic E-state index is 13.2. The van der Waals surface area contributed by atoms with Crippen LogP contribution in [0.3, 0.4) is 0 Å². The molecule has 18 heavy (non-hydrogen) atoms. The van der Waals surface area contributed by atoms with Crippen molar-refractivity contribution in [2.45, 2.75) is 18.7 Å². The van der Waals surface area contributed by atoms with Crippen molar-refractivity contribution in [1.29, 1.82) is 0 Å². The lowest BCUT2D eigenvalue weighted by atomic mass is 10.2. The van der Waals surface area contributed by atoms with Gasteiger partial charge in [0.1, 0.15) is 5.82 Å². The molecule has 0 saturated heterocycles. The summed E-state index contributed by atoms with van der Waals surface area (Å²) < 4.78 is 13.2. The van der Waals surface area contributed by atoms with E-state index in [-0.39, 0.29) is 5.69 Å². The number of halogens is 1. The summed E-state index contributed by atoms with van der Waals surface area (Å²) in [6.45, 7) is 3.57. The number of aromatic amines is 1. The topological polar surface area (TPSA) is 45.8 Å². The lowest BCUT2D eigenvalue weighted by molar-refractivity contribution is 0.589. The van der Waals surface area contributed by atoms with Crippen LogP contribution in [0.15, 0.2) is 34.0 Å². The van der Waals surface area contributed by atoms with Crippen LogP contribution in [0.2, 0.25) is 0 Å². The van der Waals surface area contributed by atoms with Crippen molar-refractivity contribution in [3.8, 4) is 11.4 Å². The first-order valence-electron chi connectivity index (χ1n) is 5.61. The van der Waals surface area contributed by atoms with Crippen LogP contribution in [0.1, 0.15) is 12.6 Å². The van der Waals surface area contributed by atoms with Crippen molar-refractivity contribution in [2.75, 3.05) is 5.75 Å². The predicted molar refractivity (Wildman–Crippen MR) is 71.4 cm³/mol. The Balaban J connectivity index is 2.40. The summed E-state index contributed by atoms with van der Waals surface area (Å²) >= 11 is 1.74. The molecule has 0 unspecified atom stereocenters. The van der Waals surface area contributed by atoms with Crippen molar-refractivity contribution in [2.24, 2.45) is 0 Å². The van der Waals surface area contributed by atoms with E-state index in [2.05, 4.69) is 16.9 Å². The van der Waals surface area contributed by atoms with Crippen molar-refractivity contribution >= 4 is 11.8 Å². The molecule has 0 aliphatic heterocycles. The smallest absolute Gasteiger partial charge is 0.287 e. The molecule has 1 heterocycles. The monoisotopic (exact) mass is 264 g/mol. The molecule has 94 valence electrons. The molecule has 2 rings (SSSR count). The van der Waals surface area contributed by atoms with E-state index in [1.165, 1.54) is 6.92 Å². The van der Waals surface area contributed by atoms with Gasteiger partial charge in [-0.15, -0.1) is 11.8 Å². The average molecular weight is 264 g/mol. The molecular weight excluding hydrogens is 251 g/mol. The van der Waals surface area contributed by atoms with Crippen LogP contribution < -0.4 is 5.56 Å². The van der Waals surface area contributed by atoms with Crippen LogP contribution in [0, 0.1) is 12.7 Å². The largest absolute Gasteiger partial charge is 0.304 e. The first kappa shape index (κ1) is 12.8. The second-order valence-electron chi connectivity index (χ2n) is 3.77. The van der Waals surface area contributed by atoms with E-state index in [1.807, 2.05) is 24.3 Å². The molecule has 0 fully saturated rings. The zero-order chi connectivity index (χ0) is 13.1. The first-order valence-corrected chi connectivity index (χ1v) is 6.60. The standard InChI is InChI=1S/C13H13FN2OS/c1-3-18-10-6-4-9(5-7-10)12-15-8(2)11(14)13(17)16-12/h4-7H,3H2,1-2H3,(H,15,16,17). The van der Waals surface area contributed by atoms with Crippen molar-refractivity contribution in [3.05, 3.63) is 46.1 Å². The maximum absolute atomic E-state index is 13.2. The minimum Gasteiger partial charge on any atom is -0.304 e. The fourth-order valence-corrected chi connectivity index (χ4v) is 2.25. The van der Waals surface area contributed by atoms with Crippen molar-refractivity contribution in [3.63, 3.8) is 0 Å². The third-order valence-corrected chi connectivity index (χ3v) is 3.36. The predicted octanol–water partition coefficient (Wildman–Crippen LogP) is 3.00. The molecule has 3 nitrogen and oxygen atoms in total. The lowest BCUT2D eigenvalue weighted by Crippen LogP contribution is -2.15. The quantitative estimate of drug-likeness (QED) is 0.867. The van der Waals surface area contributed by atoms with Crippen LogP contribution in [0.5, 0.6) is 0 Å². The van der Waals surface area contributed by atoms with Crippen molar-refractivity contribution in [1.82, 2.24) is 9.97 Å². The molecule has 5 heteroatoms. The molecule has 0 saturated carbocycles.